The van der Waals surface area contributed by atoms with Gasteiger partial charge in [0, 0.05) is 18.0 Å². The summed E-state index contributed by atoms with van der Waals surface area (Å²) < 4.78 is 5.77. The minimum absolute atomic E-state index is 0.232. The number of nitrogens with zero attached hydrogens (tertiary/aromatic N) is 1. The predicted octanol–water partition coefficient (Wildman–Crippen LogP) is 3.60. The Kier molecular flexibility index (Phi) is 5.54. The maximum absolute atomic E-state index is 12.9. The molecule has 3 aromatic rings. The highest BCUT2D eigenvalue weighted by Gasteiger charge is 2.35. The molecule has 4 rings (SSSR count). The van der Waals surface area contributed by atoms with Crippen LogP contribution in [0.15, 0.2) is 46.9 Å². The van der Waals surface area contributed by atoms with Crippen LogP contribution in [0.25, 0.3) is 11.1 Å². The highest BCUT2D eigenvalue weighted by Crippen LogP contribution is 2.31. The van der Waals surface area contributed by atoms with Crippen LogP contribution in [0, 0.1) is 0 Å². The Morgan fingerprint density at radius 1 is 1.26 bits per heavy atom. The fourth-order valence-electron chi connectivity index (χ4n) is 3.59. The van der Waals surface area contributed by atoms with Crippen molar-refractivity contribution in [2.45, 2.75) is 44.6 Å². The lowest BCUT2D eigenvalue weighted by molar-refractivity contribution is -0.134. The van der Waals surface area contributed by atoms with E-state index in [4.69, 9.17) is 16.0 Å². The number of imide groups is 1. The van der Waals surface area contributed by atoms with Gasteiger partial charge >= 0.3 is 0 Å². The van der Waals surface area contributed by atoms with Crippen LogP contribution in [0.2, 0.25) is 5.02 Å². The third-order valence-corrected chi connectivity index (χ3v) is 5.86. The number of piperidine rings is 1. The van der Waals surface area contributed by atoms with Crippen molar-refractivity contribution in [2.24, 2.45) is 0 Å². The van der Waals surface area contributed by atoms with E-state index in [1.165, 1.54) is 0 Å². The summed E-state index contributed by atoms with van der Waals surface area (Å²) in [5.41, 5.74) is 1.84. The second kappa shape index (κ2) is 8.15. The van der Waals surface area contributed by atoms with Crippen LogP contribution in [0.4, 0.5) is 0 Å². The standard InChI is InChI=1S/C23H22ClN3O4/c1-23(2,22-26-17-5-3-4-6-18(17)31-22)21(30)25-12-13-7-8-14(16(24)11-13)15-9-10-19(28)27-20(15)29/h3-8,11,15H,9-10,12H2,1-2H3,(H,25,30)(H,27,28,29). The topological polar surface area (TPSA) is 101 Å². The fraction of sp³-hybridized carbons (Fsp3) is 0.304. The Hall–Kier alpha value is -3.19. The van der Waals surface area contributed by atoms with Crippen LogP contribution in [0.1, 0.15) is 49.6 Å². The molecular formula is C23H22ClN3O4. The van der Waals surface area contributed by atoms with Crippen molar-refractivity contribution in [3.05, 3.63) is 64.5 Å². The van der Waals surface area contributed by atoms with Crippen molar-refractivity contribution in [1.82, 2.24) is 15.6 Å². The number of rotatable bonds is 5. The molecule has 3 amide bonds. The van der Waals surface area contributed by atoms with E-state index in [0.717, 1.165) is 5.56 Å². The van der Waals surface area contributed by atoms with Gasteiger partial charge in [-0.15, -0.1) is 0 Å². The minimum atomic E-state index is -0.963. The van der Waals surface area contributed by atoms with Gasteiger partial charge in [0.25, 0.3) is 0 Å². The Bertz CT molecular complexity index is 1150. The normalized spacial score (nSPS) is 16.9. The molecule has 2 heterocycles. The minimum Gasteiger partial charge on any atom is -0.440 e. The summed E-state index contributed by atoms with van der Waals surface area (Å²) in [5.74, 6) is -0.939. The molecule has 1 atom stereocenters. The smallest absolute Gasteiger partial charge is 0.235 e. The SMILES string of the molecule is CC(C)(C(=O)NCc1ccc(C2CCC(=O)NC2=O)c(Cl)c1)c1nc2ccccc2o1. The fourth-order valence-corrected chi connectivity index (χ4v) is 3.93. The number of nitrogens with one attached hydrogen (secondary N) is 2. The molecule has 0 spiro atoms. The summed E-state index contributed by atoms with van der Waals surface area (Å²) >= 11 is 6.41. The van der Waals surface area contributed by atoms with Gasteiger partial charge in [-0.3, -0.25) is 19.7 Å². The second-order valence-electron chi connectivity index (χ2n) is 8.15. The van der Waals surface area contributed by atoms with Crippen molar-refractivity contribution in [1.29, 1.82) is 0 Å². The summed E-state index contributed by atoms with van der Waals surface area (Å²) in [6.07, 6.45) is 0.717. The molecule has 0 aliphatic carbocycles. The summed E-state index contributed by atoms with van der Waals surface area (Å²) in [7, 11) is 0. The molecule has 0 saturated carbocycles. The first-order valence-corrected chi connectivity index (χ1v) is 10.4. The van der Waals surface area contributed by atoms with Crippen molar-refractivity contribution in [3.8, 4) is 0 Å². The molecule has 8 heteroatoms. The van der Waals surface area contributed by atoms with E-state index < -0.39 is 11.3 Å². The Morgan fingerprint density at radius 3 is 2.74 bits per heavy atom. The summed E-state index contributed by atoms with van der Waals surface area (Å²) in [6, 6.07) is 12.7. The largest absolute Gasteiger partial charge is 0.440 e. The van der Waals surface area contributed by atoms with Gasteiger partial charge in [0.1, 0.15) is 10.9 Å². The first kappa shape index (κ1) is 21.1. The molecule has 0 bridgehead atoms. The molecule has 1 fully saturated rings. The number of hydrogen-bond acceptors (Lipinski definition) is 5. The van der Waals surface area contributed by atoms with Crippen molar-refractivity contribution < 1.29 is 18.8 Å². The average molecular weight is 440 g/mol. The Morgan fingerprint density at radius 2 is 2.03 bits per heavy atom. The third-order valence-electron chi connectivity index (χ3n) is 5.53. The van der Waals surface area contributed by atoms with Gasteiger partial charge in [-0.05, 0) is 49.6 Å². The summed E-state index contributed by atoms with van der Waals surface area (Å²) in [4.78, 5) is 40.8. The Labute approximate surface area is 184 Å². The highest BCUT2D eigenvalue weighted by molar-refractivity contribution is 6.31. The predicted molar refractivity (Wildman–Crippen MR) is 115 cm³/mol. The van der Waals surface area contributed by atoms with Crippen LogP contribution in [0.3, 0.4) is 0 Å². The molecule has 2 N–H and O–H groups in total. The molecule has 1 saturated heterocycles. The average Bonchev–Trinajstić information content (AvgIpc) is 3.18. The van der Waals surface area contributed by atoms with Crippen molar-refractivity contribution in [3.63, 3.8) is 0 Å². The van der Waals surface area contributed by atoms with E-state index in [2.05, 4.69) is 15.6 Å². The highest BCUT2D eigenvalue weighted by atomic mass is 35.5. The molecule has 0 radical (unpaired) electrons. The van der Waals surface area contributed by atoms with Gasteiger partial charge in [0.15, 0.2) is 5.58 Å². The van der Waals surface area contributed by atoms with Crippen LogP contribution >= 0.6 is 11.6 Å². The van der Waals surface area contributed by atoms with E-state index >= 15 is 0 Å². The van der Waals surface area contributed by atoms with Gasteiger partial charge in [-0.2, -0.15) is 0 Å². The Balaban J connectivity index is 1.44. The summed E-state index contributed by atoms with van der Waals surface area (Å²) in [6.45, 7) is 3.77. The number of fused-ring (bicyclic) bond motifs is 1. The lowest BCUT2D eigenvalue weighted by Crippen LogP contribution is -2.40. The number of carbonyl (C=O) groups is 3. The number of aromatic nitrogens is 1. The molecular weight excluding hydrogens is 418 g/mol. The molecule has 160 valence electrons. The quantitative estimate of drug-likeness (QED) is 0.591. The first-order chi connectivity index (χ1) is 14.8. The molecule has 31 heavy (non-hydrogen) atoms. The number of benzene rings is 2. The van der Waals surface area contributed by atoms with Gasteiger partial charge in [-0.25, -0.2) is 4.98 Å². The summed E-state index contributed by atoms with van der Waals surface area (Å²) in [5, 5.41) is 5.67. The third kappa shape index (κ3) is 4.18. The maximum Gasteiger partial charge on any atom is 0.235 e. The zero-order chi connectivity index (χ0) is 22.2. The molecule has 2 aromatic carbocycles. The number of oxazole rings is 1. The number of halogens is 1. The van der Waals surface area contributed by atoms with Gasteiger partial charge < -0.3 is 9.73 Å². The van der Waals surface area contributed by atoms with Gasteiger partial charge in [0.2, 0.25) is 23.6 Å². The van der Waals surface area contributed by atoms with Crippen molar-refractivity contribution in [2.75, 3.05) is 0 Å². The van der Waals surface area contributed by atoms with E-state index in [0.29, 0.717) is 34.0 Å². The van der Waals surface area contributed by atoms with E-state index in [9.17, 15) is 14.4 Å². The van der Waals surface area contributed by atoms with Crippen LogP contribution in [0.5, 0.6) is 0 Å². The zero-order valence-electron chi connectivity index (χ0n) is 17.2. The first-order valence-electron chi connectivity index (χ1n) is 10.0. The van der Waals surface area contributed by atoms with E-state index in [1.807, 2.05) is 30.3 Å². The number of amides is 3. The molecule has 1 unspecified atom stereocenters. The second-order valence-corrected chi connectivity index (χ2v) is 8.56. The van der Waals surface area contributed by atoms with E-state index in [1.54, 1.807) is 26.0 Å². The number of hydrogen-bond donors (Lipinski definition) is 2. The number of carbonyl (C=O) groups excluding carboxylic acids is 3. The monoisotopic (exact) mass is 439 g/mol. The molecule has 1 aromatic heterocycles. The number of para-hydroxylation sites is 2. The molecule has 1 aliphatic heterocycles. The zero-order valence-corrected chi connectivity index (χ0v) is 18.0. The maximum atomic E-state index is 12.9. The van der Waals surface area contributed by atoms with Gasteiger partial charge in [0.05, 0.1) is 5.92 Å². The lowest BCUT2D eigenvalue weighted by Gasteiger charge is -2.22. The lowest BCUT2D eigenvalue weighted by atomic mass is 9.90. The van der Waals surface area contributed by atoms with Gasteiger partial charge in [-0.1, -0.05) is 35.9 Å². The molecule has 1 aliphatic rings. The van der Waals surface area contributed by atoms with Crippen LogP contribution in [-0.2, 0) is 26.3 Å². The van der Waals surface area contributed by atoms with Crippen LogP contribution < -0.4 is 10.6 Å². The van der Waals surface area contributed by atoms with E-state index in [-0.39, 0.29) is 30.7 Å². The van der Waals surface area contributed by atoms with Crippen molar-refractivity contribution >= 4 is 40.4 Å². The molecule has 7 nitrogen and oxygen atoms in total. The van der Waals surface area contributed by atoms with Crippen LogP contribution in [-0.4, -0.2) is 22.7 Å².